The molecule has 0 aliphatic carbocycles. The van der Waals surface area contributed by atoms with Gasteiger partial charge in [0.1, 0.15) is 24.6 Å². The standard InChI is InChI=1S/C18H32N2O8/c1-12-15(24)16(25)17(26)18(28-12)27-11-7-3-5-9-14(23)20-19-13(22)8-4-2-6-10-21/h10,12,15-18,24-26H,2-9,11H2,1H3,(H,19,22)(H,20,23)/t12-,15-,16+,17+,18+/m0/s1. The van der Waals surface area contributed by atoms with E-state index in [-0.39, 0.29) is 31.3 Å². The second kappa shape index (κ2) is 13.6. The quantitative estimate of drug-likeness (QED) is 0.162. The summed E-state index contributed by atoms with van der Waals surface area (Å²) in [6.07, 6.45) is -0.570. The SMILES string of the molecule is C[C@@H]1O[C@@H](OCCCCCC(=O)NNC(=O)CCCCC=O)[C@H](O)[C@H](O)[C@H]1O. The summed E-state index contributed by atoms with van der Waals surface area (Å²) in [7, 11) is 0. The zero-order chi connectivity index (χ0) is 20.9. The van der Waals surface area contributed by atoms with Crippen LogP contribution in [0.5, 0.6) is 0 Å². The summed E-state index contributed by atoms with van der Waals surface area (Å²) in [5.41, 5.74) is 4.67. The molecule has 0 unspecified atom stereocenters. The van der Waals surface area contributed by atoms with Crippen molar-refractivity contribution in [3.63, 3.8) is 0 Å². The number of carbonyl (C=O) groups excluding carboxylic acids is 3. The van der Waals surface area contributed by atoms with Crippen molar-refractivity contribution >= 4 is 18.1 Å². The van der Waals surface area contributed by atoms with Crippen LogP contribution in [0.1, 0.15) is 58.3 Å². The summed E-state index contributed by atoms with van der Waals surface area (Å²) < 4.78 is 10.7. The normalized spacial score (nSPS) is 27.2. The summed E-state index contributed by atoms with van der Waals surface area (Å²) in [6, 6.07) is 0. The Morgan fingerprint density at radius 3 is 2.14 bits per heavy atom. The van der Waals surface area contributed by atoms with E-state index in [9.17, 15) is 29.7 Å². The molecule has 162 valence electrons. The number of hydrogen-bond acceptors (Lipinski definition) is 8. The molecule has 0 aromatic heterocycles. The maximum atomic E-state index is 11.6. The third-order valence-corrected chi connectivity index (χ3v) is 4.46. The van der Waals surface area contributed by atoms with Crippen molar-refractivity contribution in [2.24, 2.45) is 0 Å². The Kier molecular flexibility index (Phi) is 11.8. The lowest BCUT2D eigenvalue weighted by Crippen LogP contribution is -2.57. The Hall–Kier alpha value is -1.59. The fraction of sp³-hybridized carbons (Fsp3) is 0.833. The van der Waals surface area contributed by atoms with E-state index < -0.39 is 30.7 Å². The second-order valence-electron chi connectivity index (χ2n) is 6.87. The molecule has 1 saturated heterocycles. The second-order valence-corrected chi connectivity index (χ2v) is 6.87. The summed E-state index contributed by atoms with van der Waals surface area (Å²) in [5.74, 6) is -0.584. The molecule has 0 aromatic rings. The molecule has 0 bridgehead atoms. The van der Waals surface area contributed by atoms with Gasteiger partial charge in [-0.05, 0) is 32.6 Å². The van der Waals surface area contributed by atoms with E-state index in [2.05, 4.69) is 10.9 Å². The molecule has 1 rings (SSSR count). The van der Waals surface area contributed by atoms with Gasteiger partial charge in [0.25, 0.3) is 0 Å². The molecule has 1 heterocycles. The topological polar surface area (TPSA) is 154 Å². The minimum absolute atomic E-state index is 0.246. The third kappa shape index (κ3) is 9.07. The molecule has 0 spiro atoms. The van der Waals surface area contributed by atoms with Crippen molar-refractivity contribution in [2.45, 2.75) is 89.0 Å². The van der Waals surface area contributed by atoms with E-state index in [1.807, 2.05) is 0 Å². The first kappa shape index (κ1) is 24.4. The number of carbonyl (C=O) groups is 3. The lowest BCUT2D eigenvalue weighted by Gasteiger charge is -2.38. The average molecular weight is 404 g/mol. The smallest absolute Gasteiger partial charge is 0.238 e. The fourth-order valence-electron chi connectivity index (χ4n) is 2.69. The van der Waals surface area contributed by atoms with Gasteiger partial charge in [-0.3, -0.25) is 20.4 Å². The fourth-order valence-corrected chi connectivity index (χ4v) is 2.69. The van der Waals surface area contributed by atoms with Crippen LogP contribution in [0.2, 0.25) is 0 Å². The summed E-state index contributed by atoms with van der Waals surface area (Å²) in [5, 5.41) is 29.1. The highest BCUT2D eigenvalue weighted by molar-refractivity contribution is 5.81. The van der Waals surface area contributed by atoms with Crippen LogP contribution in [-0.2, 0) is 23.9 Å². The Balaban J connectivity index is 2.04. The first-order valence-corrected chi connectivity index (χ1v) is 9.69. The van der Waals surface area contributed by atoms with Crippen molar-refractivity contribution in [3.05, 3.63) is 0 Å². The number of hydrazine groups is 1. The monoisotopic (exact) mass is 404 g/mol. The van der Waals surface area contributed by atoms with Gasteiger partial charge in [0.05, 0.1) is 6.10 Å². The van der Waals surface area contributed by atoms with Gasteiger partial charge in [0, 0.05) is 25.9 Å². The number of amides is 2. The predicted molar refractivity (Wildman–Crippen MR) is 97.6 cm³/mol. The molecule has 10 heteroatoms. The van der Waals surface area contributed by atoms with Crippen molar-refractivity contribution < 1.29 is 39.2 Å². The molecular formula is C18H32N2O8. The van der Waals surface area contributed by atoms with Crippen LogP contribution in [0.15, 0.2) is 0 Å². The lowest BCUT2D eigenvalue weighted by molar-refractivity contribution is -0.293. The van der Waals surface area contributed by atoms with Crippen LogP contribution in [0.4, 0.5) is 0 Å². The number of aliphatic hydroxyl groups excluding tert-OH is 3. The van der Waals surface area contributed by atoms with Crippen LogP contribution in [0, 0.1) is 0 Å². The van der Waals surface area contributed by atoms with E-state index >= 15 is 0 Å². The van der Waals surface area contributed by atoms with Crippen molar-refractivity contribution in [2.75, 3.05) is 6.61 Å². The van der Waals surface area contributed by atoms with Gasteiger partial charge in [-0.2, -0.15) is 0 Å². The van der Waals surface area contributed by atoms with Crippen LogP contribution >= 0.6 is 0 Å². The Morgan fingerprint density at radius 2 is 1.54 bits per heavy atom. The van der Waals surface area contributed by atoms with Gasteiger partial charge in [-0.1, -0.05) is 6.42 Å². The number of hydrogen-bond donors (Lipinski definition) is 5. The number of aldehydes is 1. The summed E-state index contributed by atoms with van der Waals surface area (Å²) >= 11 is 0. The van der Waals surface area contributed by atoms with Crippen LogP contribution < -0.4 is 10.9 Å². The van der Waals surface area contributed by atoms with Gasteiger partial charge < -0.3 is 29.6 Å². The van der Waals surface area contributed by atoms with Gasteiger partial charge >= 0.3 is 0 Å². The molecule has 2 amide bonds. The molecule has 1 aliphatic heterocycles. The van der Waals surface area contributed by atoms with Crippen LogP contribution in [0.25, 0.3) is 0 Å². The Morgan fingerprint density at radius 1 is 0.929 bits per heavy atom. The molecule has 1 fully saturated rings. The maximum Gasteiger partial charge on any atom is 0.238 e. The first-order valence-electron chi connectivity index (χ1n) is 9.69. The van der Waals surface area contributed by atoms with E-state index in [1.54, 1.807) is 6.92 Å². The Labute approximate surface area is 164 Å². The van der Waals surface area contributed by atoms with Crippen molar-refractivity contribution in [3.8, 4) is 0 Å². The van der Waals surface area contributed by atoms with Crippen LogP contribution in [-0.4, -0.2) is 70.7 Å². The maximum absolute atomic E-state index is 11.6. The molecule has 5 atom stereocenters. The highest BCUT2D eigenvalue weighted by atomic mass is 16.7. The number of rotatable bonds is 12. The molecule has 28 heavy (non-hydrogen) atoms. The zero-order valence-corrected chi connectivity index (χ0v) is 16.2. The molecule has 0 saturated carbocycles. The largest absolute Gasteiger partial charge is 0.388 e. The summed E-state index contributed by atoms with van der Waals surface area (Å²) in [4.78, 5) is 33.3. The third-order valence-electron chi connectivity index (χ3n) is 4.46. The van der Waals surface area contributed by atoms with E-state index in [0.717, 1.165) is 6.29 Å². The van der Waals surface area contributed by atoms with Gasteiger partial charge in [-0.25, -0.2) is 0 Å². The van der Waals surface area contributed by atoms with E-state index in [0.29, 0.717) is 38.5 Å². The molecule has 5 N–H and O–H groups in total. The number of ether oxygens (including phenoxy) is 2. The molecule has 10 nitrogen and oxygen atoms in total. The number of unbranched alkanes of at least 4 members (excludes halogenated alkanes) is 4. The molecule has 0 radical (unpaired) electrons. The van der Waals surface area contributed by atoms with E-state index in [1.165, 1.54) is 0 Å². The van der Waals surface area contributed by atoms with Crippen molar-refractivity contribution in [1.82, 2.24) is 10.9 Å². The minimum Gasteiger partial charge on any atom is -0.388 e. The van der Waals surface area contributed by atoms with E-state index in [4.69, 9.17) is 9.47 Å². The van der Waals surface area contributed by atoms with Gasteiger partial charge in [0.2, 0.25) is 11.8 Å². The average Bonchev–Trinajstić information content (AvgIpc) is 2.68. The highest BCUT2D eigenvalue weighted by Crippen LogP contribution is 2.21. The zero-order valence-electron chi connectivity index (χ0n) is 16.2. The molecule has 1 aliphatic rings. The molecular weight excluding hydrogens is 372 g/mol. The Bertz CT molecular complexity index is 490. The lowest BCUT2D eigenvalue weighted by atomic mass is 10.0. The van der Waals surface area contributed by atoms with Crippen molar-refractivity contribution in [1.29, 1.82) is 0 Å². The number of nitrogens with one attached hydrogen (secondary N) is 2. The van der Waals surface area contributed by atoms with Crippen LogP contribution in [0.3, 0.4) is 0 Å². The number of aliphatic hydroxyl groups is 3. The molecule has 0 aromatic carbocycles. The highest BCUT2D eigenvalue weighted by Gasteiger charge is 2.42. The predicted octanol–water partition coefficient (Wildman–Crippen LogP) is -0.702. The minimum atomic E-state index is -1.32. The summed E-state index contributed by atoms with van der Waals surface area (Å²) in [6.45, 7) is 1.86. The van der Waals surface area contributed by atoms with Gasteiger partial charge in [0.15, 0.2) is 6.29 Å². The van der Waals surface area contributed by atoms with Gasteiger partial charge in [-0.15, -0.1) is 0 Å². The first-order chi connectivity index (χ1) is 13.4.